The first-order valence-corrected chi connectivity index (χ1v) is 5.30. The van der Waals surface area contributed by atoms with Crippen LogP contribution in [-0.4, -0.2) is 22.5 Å². The van der Waals surface area contributed by atoms with E-state index in [2.05, 4.69) is 5.32 Å². The fourth-order valence-electron chi connectivity index (χ4n) is 1.41. The Morgan fingerprint density at radius 3 is 2.56 bits per heavy atom. The Kier molecular flexibility index (Phi) is 4.03. The standard InChI is InChI=1S/C12H15FN2O3/c1-12(2,14)6-10(16)15-9-5-7(13)3-4-8(9)11(17)18/h3-5H,6,14H2,1-2H3,(H,15,16)(H,17,18). The van der Waals surface area contributed by atoms with Crippen LogP contribution in [0.5, 0.6) is 0 Å². The van der Waals surface area contributed by atoms with Gasteiger partial charge in [-0.3, -0.25) is 4.79 Å². The number of hydrogen-bond acceptors (Lipinski definition) is 3. The Balaban J connectivity index is 2.93. The molecule has 98 valence electrons. The van der Waals surface area contributed by atoms with Crippen molar-refractivity contribution in [1.82, 2.24) is 0 Å². The first-order valence-electron chi connectivity index (χ1n) is 5.30. The van der Waals surface area contributed by atoms with E-state index in [1.807, 2.05) is 0 Å². The van der Waals surface area contributed by atoms with Gasteiger partial charge in [-0.15, -0.1) is 0 Å². The van der Waals surface area contributed by atoms with Crippen molar-refractivity contribution in [2.45, 2.75) is 25.8 Å². The summed E-state index contributed by atoms with van der Waals surface area (Å²) in [6, 6.07) is 3.08. The van der Waals surface area contributed by atoms with Crippen molar-refractivity contribution < 1.29 is 19.1 Å². The molecule has 0 atom stereocenters. The highest BCUT2D eigenvalue weighted by Gasteiger charge is 2.19. The van der Waals surface area contributed by atoms with Crippen LogP contribution < -0.4 is 11.1 Å². The van der Waals surface area contributed by atoms with Gasteiger partial charge in [-0.05, 0) is 32.0 Å². The highest BCUT2D eigenvalue weighted by Crippen LogP contribution is 2.18. The highest BCUT2D eigenvalue weighted by molar-refractivity contribution is 6.00. The number of carbonyl (C=O) groups is 2. The lowest BCUT2D eigenvalue weighted by Gasteiger charge is -2.18. The Hall–Kier alpha value is -1.95. The number of hydrogen-bond donors (Lipinski definition) is 3. The first-order chi connectivity index (χ1) is 8.19. The number of rotatable bonds is 4. The molecule has 0 aliphatic rings. The predicted octanol–water partition coefficient (Wildman–Crippen LogP) is 1.59. The summed E-state index contributed by atoms with van der Waals surface area (Å²) in [5, 5.41) is 11.3. The molecule has 0 radical (unpaired) electrons. The van der Waals surface area contributed by atoms with Crippen molar-refractivity contribution in [1.29, 1.82) is 0 Å². The quantitative estimate of drug-likeness (QED) is 0.760. The highest BCUT2D eigenvalue weighted by atomic mass is 19.1. The second kappa shape index (κ2) is 5.14. The molecule has 18 heavy (non-hydrogen) atoms. The van der Waals surface area contributed by atoms with Gasteiger partial charge < -0.3 is 16.2 Å². The molecule has 0 aliphatic heterocycles. The lowest BCUT2D eigenvalue weighted by Crippen LogP contribution is -2.36. The van der Waals surface area contributed by atoms with Crippen LogP contribution in [0.2, 0.25) is 0 Å². The number of nitrogens with two attached hydrogens (primary N) is 1. The number of carboxylic acids is 1. The van der Waals surface area contributed by atoms with Gasteiger partial charge in [0.05, 0.1) is 11.3 Å². The minimum atomic E-state index is -1.24. The predicted molar refractivity (Wildman–Crippen MR) is 64.9 cm³/mol. The molecule has 5 nitrogen and oxygen atoms in total. The van der Waals surface area contributed by atoms with Crippen molar-refractivity contribution >= 4 is 17.6 Å². The lowest BCUT2D eigenvalue weighted by molar-refractivity contribution is -0.117. The van der Waals surface area contributed by atoms with E-state index in [0.29, 0.717) is 0 Å². The van der Waals surface area contributed by atoms with E-state index in [1.54, 1.807) is 13.8 Å². The molecule has 0 saturated carbocycles. The SMILES string of the molecule is CC(C)(N)CC(=O)Nc1cc(F)ccc1C(=O)O. The first kappa shape index (κ1) is 14.1. The third-order valence-electron chi connectivity index (χ3n) is 2.10. The Bertz CT molecular complexity index is 481. The number of amides is 1. The average Bonchev–Trinajstić information content (AvgIpc) is 2.13. The van der Waals surface area contributed by atoms with Crippen molar-refractivity contribution in [3.63, 3.8) is 0 Å². The number of nitrogens with one attached hydrogen (secondary N) is 1. The molecule has 0 aliphatic carbocycles. The van der Waals surface area contributed by atoms with E-state index in [0.717, 1.165) is 18.2 Å². The molecular weight excluding hydrogens is 239 g/mol. The van der Waals surface area contributed by atoms with E-state index in [4.69, 9.17) is 10.8 Å². The maximum atomic E-state index is 13.0. The van der Waals surface area contributed by atoms with Crippen LogP contribution in [0, 0.1) is 5.82 Å². The second-order valence-corrected chi connectivity index (χ2v) is 4.71. The van der Waals surface area contributed by atoms with Gasteiger partial charge in [-0.2, -0.15) is 0 Å². The topological polar surface area (TPSA) is 92.4 Å². The number of benzene rings is 1. The summed E-state index contributed by atoms with van der Waals surface area (Å²) < 4.78 is 13.0. The molecule has 0 fully saturated rings. The molecule has 1 aromatic carbocycles. The maximum absolute atomic E-state index is 13.0. The van der Waals surface area contributed by atoms with Gasteiger partial charge in [0.2, 0.25) is 5.91 Å². The third kappa shape index (κ3) is 4.14. The summed E-state index contributed by atoms with van der Waals surface area (Å²) in [6.07, 6.45) is 0.00255. The summed E-state index contributed by atoms with van der Waals surface area (Å²) in [7, 11) is 0. The summed E-state index contributed by atoms with van der Waals surface area (Å²) in [4.78, 5) is 22.5. The largest absolute Gasteiger partial charge is 0.478 e. The zero-order valence-corrected chi connectivity index (χ0v) is 10.2. The molecule has 0 saturated heterocycles. The van der Waals surface area contributed by atoms with E-state index in [-0.39, 0.29) is 17.7 Å². The zero-order valence-electron chi connectivity index (χ0n) is 10.2. The van der Waals surface area contributed by atoms with Crippen LogP contribution in [0.3, 0.4) is 0 Å². The number of carboxylic acid groups (broad SMARTS) is 1. The molecular formula is C12H15FN2O3. The van der Waals surface area contributed by atoms with Gasteiger partial charge in [0, 0.05) is 12.0 Å². The Morgan fingerprint density at radius 2 is 2.06 bits per heavy atom. The number of aromatic carboxylic acids is 1. The molecule has 1 aromatic rings. The fraction of sp³-hybridized carbons (Fsp3) is 0.333. The second-order valence-electron chi connectivity index (χ2n) is 4.71. The summed E-state index contributed by atoms with van der Waals surface area (Å²) in [5.74, 6) is -2.32. The van der Waals surface area contributed by atoms with E-state index in [1.165, 1.54) is 0 Å². The third-order valence-corrected chi connectivity index (χ3v) is 2.10. The number of anilines is 1. The van der Waals surface area contributed by atoms with Crippen LogP contribution in [0.4, 0.5) is 10.1 Å². The van der Waals surface area contributed by atoms with Crippen LogP contribution in [0.15, 0.2) is 18.2 Å². The minimum Gasteiger partial charge on any atom is -0.478 e. The summed E-state index contributed by atoms with van der Waals surface area (Å²) in [5.41, 5.74) is 4.71. The molecule has 0 unspecified atom stereocenters. The summed E-state index contributed by atoms with van der Waals surface area (Å²) in [6.45, 7) is 3.33. The number of halogens is 1. The van der Waals surface area contributed by atoms with Gasteiger partial charge >= 0.3 is 5.97 Å². The maximum Gasteiger partial charge on any atom is 0.337 e. The zero-order chi connectivity index (χ0) is 13.9. The van der Waals surface area contributed by atoms with Crippen molar-refractivity contribution in [3.05, 3.63) is 29.6 Å². The van der Waals surface area contributed by atoms with E-state index < -0.39 is 23.2 Å². The molecule has 0 aromatic heterocycles. The lowest BCUT2D eigenvalue weighted by atomic mass is 10.0. The van der Waals surface area contributed by atoms with Gasteiger partial charge in [-0.25, -0.2) is 9.18 Å². The fourth-order valence-corrected chi connectivity index (χ4v) is 1.41. The van der Waals surface area contributed by atoms with Crippen LogP contribution in [0.25, 0.3) is 0 Å². The van der Waals surface area contributed by atoms with E-state index >= 15 is 0 Å². The van der Waals surface area contributed by atoms with Gasteiger partial charge in [0.15, 0.2) is 0 Å². The van der Waals surface area contributed by atoms with Gasteiger partial charge in [0.25, 0.3) is 0 Å². The summed E-state index contributed by atoms with van der Waals surface area (Å²) >= 11 is 0. The molecule has 1 rings (SSSR count). The van der Waals surface area contributed by atoms with Crippen LogP contribution in [-0.2, 0) is 4.79 Å². The Labute approximate surface area is 104 Å². The van der Waals surface area contributed by atoms with Gasteiger partial charge in [0.1, 0.15) is 5.82 Å². The van der Waals surface area contributed by atoms with Crippen molar-refractivity contribution in [2.75, 3.05) is 5.32 Å². The molecule has 0 heterocycles. The minimum absolute atomic E-state index is 0.00255. The van der Waals surface area contributed by atoms with Crippen LogP contribution >= 0.6 is 0 Å². The smallest absolute Gasteiger partial charge is 0.337 e. The average molecular weight is 254 g/mol. The monoisotopic (exact) mass is 254 g/mol. The molecule has 0 spiro atoms. The van der Waals surface area contributed by atoms with Gasteiger partial charge in [-0.1, -0.05) is 0 Å². The van der Waals surface area contributed by atoms with Crippen molar-refractivity contribution in [2.24, 2.45) is 5.73 Å². The van der Waals surface area contributed by atoms with Crippen LogP contribution in [0.1, 0.15) is 30.6 Å². The van der Waals surface area contributed by atoms with E-state index in [9.17, 15) is 14.0 Å². The molecule has 1 amide bonds. The van der Waals surface area contributed by atoms with Crippen molar-refractivity contribution in [3.8, 4) is 0 Å². The normalized spacial score (nSPS) is 11.1. The molecule has 4 N–H and O–H groups in total. The molecule has 0 bridgehead atoms. The number of carbonyl (C=O) groups excluding carboxylic acids is 1. The molecule has 6 heteroatoms. The Morgan fingerprint density at radius 1 is 1.44 bits per heavy atom.